The Morgan fingerprint density at radius 1 is 1.15 bits per heavy atom. The van der Waals surface area contributed by atoms with Crippen molar-refractivity contribution in [3.8, 4) is 0 Å². The maximum atomic E-state index is 13.0. The number of hydrogen-bond donors (Lipinski definition) is 0. The minimum atomic E-state index is -4.52. The van der Waals surface area contributed by atoms with Crippen molar-refractivity contribution in [3.63, 3.8) is 0 Å². The van der Waals surface area contributed by atoms with Gasteiger partial charge in [-0.2, -0.15) is 13.2 Å². The Labute approximate surface area is 153 Å². The Balaban J connectivity index is 1.84. The summed E-state index contributed by atoms with van der Waals surface area (Å²) in [6, 6.07) is 2.18. The molecule has 0 bridgehead atoms. The number of ether oxygens (including phenoxy) is 1. The van der Waals surface area contributed by atoms with Gasteiger partial charge in [-0.15, -0.1) is 0 Å². The maximum absolute atomic E-state index is 13.0. The fraction of sp³-hybridized carbons (Fsp3) is 0.471. The van der Waals surface area contributed by atoms with Gasteiger partial charge in [0.2, 0.25) is 0 Å². The van der Waals surface area contributed by atoms with Crippen LogP contribution in [-0.4, -0.2) is 64.0 Å². The van der Waals surface area contributed by atoms with Gasteiger partial charge in [0.05, 0.1) is 17.9 Å². The molecule has 0 spiro atoms. The predicted octanol–water partition coefficient (Wildman–Crippen LogP) is 2.58. The molecule has 146 valence electrons. The summed E-state index contributed by atoms with van der Waals surface area (Å²) in [7, 11) is 0. The molecule has 1 saturated heterocycles. The van der Waals surface area contributed by atoms with E-state index in [-0.39, 0.29) is 31.0 Å². The third-order valence-electron chi connectivity index (χ3n) is 4.42. The molecule has 27 heavy (non-hydrogen) atoms. The number of carbonyl (C=O) groups excluding carboxylic acids is 2. The van der Waals surface area contributed by atoms with Gasteiger partial charge in [0, 0.05) is 32.4 Å². The Hall–Kier alpha value is -2.78. The van der Waals surface area contributed by atoms with E-state index in [9.17, 15) is 22.8 Å². The van der Waals surface area contributed by atoms with E-state index < -0.39 is 23.7 Å². The van der Waals surface area contributed by atoms with Crippen molar-refractivity contribution in [1.82, 2.24) is 19.2 Å². The third-order valence-corrected chi connectivity index (χ3v) is 4.42. The molecule has 0 saturated carbocycles. The Kier molecular flexibility index (Phi) is 4.99. The number of halogens is 3. The zero-order valence-electron chi connectivity index (χ0n) is 14.9. The minimum Gasteiger partial charge on any atom is -0.450 e. The van der Waals surface area contributed by atoms with Gasteiger partial charge in [-0.1, -0.05) is 0 Å². The number of carbonyl (C=O) groups is 2. The lowest BCUT2D eigenvalue weighted by Gasteiger charge is -2.34. The monoisotopic (exact) mass is 384 g/mol. The highest BCUT2D eigenvalue weighted by Crippen LogP contribution is 2.30. The van der Waals surface area contributed by atoms with Gasteiger partial charge in [0.1, 0.15) is 11.3 Å². The van der Waals surface area contributed by atoms with Gasteiger partial charge in [0.15, 0.2) is 0 Å². The SMILES string of the molecule is CCOC(=O)N1CCN(C(=O)c2c(C)nc3ccc(C(F)(F)F)cn23)CC1. The van der Waals surface area contributed by atoms with Crippen molar-refractivity contribution in [2.24, 2.45) is 0 Å². The van der Waals surface area contributed by atoms with Crippen LogP contribution in [0.15, 0.2) is 18.3 Å². The molecule has 2 amide bonds. The number of rotatable bonds is 2. The molecule has 2 aromatic rings. The molecule has 0 aromatic carbocycles. The number of aromatic nitrogens is 2. The summed E-state index contributed by atoms with van der Waals surface area (Å²) >= 11 is 0. The molecule has 0 aliphatic carbocycles. The van der Waals surface area contributed by atoms with Crippen LogP contribution in [0.5, 0.6) is 0 Å². The second-order valence-electron chi connectivity index (χ2n) is 6.17. The average Bonchev–Trinajstić information content (AvgIpc) is 2.95. The standard InChI is InChI=1S/C17H19F3N4O3/c1-3-27-16(26)23-8-6-22(7-9-23)15(25)14-11(2)21-13-5-4-12(10-24(13)14)17(18,19)20/h4-5,10H,3,6-9H2,1-2H3. The molecule has 0 N–H and O–H groups in total. The third kappa shape index (κ3) is 3.69. The van der Waals surface area contributed by atoms with Crippen molar-refractivity contribution in [2.75, 3.05) is 32.8 Å². The number of alkyl halides is 3. The van der Waals surface area contributed by atoms with Crippen LogP contribution in [0.1, 0.15) is 28.7 Å². The van der Waals surface area contributed by atoms with Crippen molar-refractivity contribution in [3.05, 3.63) is 35.3 Å². The molecule has 2 aromatic heterocycles. The number of imidazole rings is 1. The lowest BCUT2D eigenvalue weighted by Crippen LogP contribution is -2.51. The number of aryl methyl sites for hydroxylation is 1. The van der Waals surface area contributed by atoms with Crippen LogP contribution in [0.2, 0.25) is 0 Å². The van der Waals surface area contributed by atoms with E-state index >= 15 is 0 Å². The van der Waals surface area contributed by atoms with Crippen molar-refractivity contribution in [2.45, 2.75) is 20.0 Å². The molecule has 1 aliphatic rings. The van der Waals surface area contributed by atoms with Gasteiger partial charge in [-0.05, 0) is 26.0 Å². The van der Waals surface area contributed by atoms with E-state index in [1.54, 1.807) is 13.8 Å². The van der Waals surface area contributed by atoms with E-state index in [0.29, 0.717) is 18.8 Å². The summed E-state index contributed by atoms with van der Waals surface area (Å²) in [6.45, 7) is 4.69. The molecule has 0 radical (unpaired) electrons. The van der Waals surface area contributed by atoms with Gasteiger partial charge >= 0.3 is 12.3 Å². The number of nitrogens with zero attached hydrogens (tertiary/aromatic N) is 4. The summed E-state index contributed by atoms with van der Waals surface area (Å²) in [5.74, 6) is -0.414. The van der Waals surface area contributed by atoms with Crippen molar-refractivity contribution in [1.29, 1.82) is 0 Å². The van der Waals surface area contributed by atoms with E-state index in [1.807, 2.05) is 0 Å². The Morgan fingerprint density at radius 3 is 2.37 bits per heavy atom. The number of pyridine rings is 1. The molecule has 3 heterocycles. The van der Waals surface area contributed by atoms with Gasteiger partial charge in [-0.3, -0.25) is 9.20 Å². The van der Waals surface area contributed by atoms with Crippen LogP contribution in [-0.2, 0) is 10.9 Å². The molecule has 1 aliphatic heterocycles. The maximum Gasteiger partial charge on any atom is 0.417 e. The summed E-state index contributed by atoms with van der Waals surface area (Å²) in [4.78, 5) is 31.8. The van der Waals surface area contributed by atoms with Crippen LogP contribution in [0, 0.1) is 6.92 Å². The molecule has 10 heteroatoms. The zero-order valence-corrected chi connectivity index (χ0v) is 14.9. The highest BCUT2D eigenvalue weighted by molar-refractivity contribution is 5.95. The largest absolute Gasteiger partial charge is 0.450 e. The average molecular weight is 384 g/mol. The van der Waals surface area contributed by atoms with Crippen molar-refractivity contribution < 1.29 is 27.5 Å². The van der Waals surface area contributed by atoms with Crippen LogP contribution < -0.4 is 0 Å². The summed E-state index contributed by atoms with van der Waals surface area (Å²) in [5.41, 5.74) is -0.129. The fourth-order valence-corrected chi connectivity index (χ4v) is 3.04. The van der Waals surface area contributed by atoms with E-state index in [0.717, 1.165) is 12.3 Å². The summed E-state index contributed by atoms with van der Waals surface area (Å²) < 4.78 is 45.2. The lowest BCUT2D eigenvalue weighted by atomic mass is 10.2. The zero-order chi connectivity index (χ0) is 19.8. The Morgan fingerprint density at radius 2 is 1.78 bits per heavy atom. The quantitative estimate of drug-likeness (QED) is 0.798. The first-order valence-corrected chi connectivity index (χ1v) is 8.49. The van der Waals surface area contributed by atoms with Gasteiger partial charge < -0.3 is 14.5 Å². The first-order chi connectivity index (χ1) is 12.7. The van der Waals surface area contributed by atoms with Crippen molar-refractivity contribution >= 4 is 17.6 Å². The smallest absolute Gasteiger partial charge is 0.417 e. The molecular formula is C17H19F3N4O3. The molecule has 0 unspecified atom stereocenters. The number of piperazine rings is 1. The number of amides is 2. The van der Waals surface area contributed by atoms with E-state index in [2.05, 4.69) is 4.98 Å². The van der Waals surface area contributed by atoms with Crippen LogP contribution >= 0.6 is 0 Å². The molecule has 7 nitrogen and oxygen atoms in total. The fourth-order valence-electron chi connectivity index (χ4n) is 3.04. The molecule has 3 rings (SSSR count). The van der Waals surface area contributed by atoms with Crippen LogP contribution in [0.25, 0.3) is 5.65 Å². The Bertz CT molecular complexity index is 870. The predicted molar refractivity (Wildman–Crippen MR) is 89.4 cm³/mol. The normalized spacial score (nSPS) is 15.3. The minimum absolute atomic E-state index is 0.0979. The van der Waals surface area contributed by atoms with Gasteiger partial charge in [0.25, 0.3) is 5.91 Å². The topological polar surface area (TPSA) is 67.2 Å². The first kappa shape index (κ1) is 19.0. The van der Waals surface area contributed by atoms with E-state index in [1.165, 1.54) is 20.3 Å². The van der Waals surface area contributed by atoms with Crippen LogP contribution in [0.3, 0.4) is 0 Å². The highest BCUT2D eigenvalue weighted by atomic mass is 19.4. The molecule has 0 atom stereocenters. The van der Waals surface area contributed by atoms with Crippen LogP contribution in [0.4, 0.5) is 18.0 Å². The van der Waals surface area contributed by atoms with Gasteiger partial charge in [-0.25, -0.2) is 9.78 Å². The highest BCUT2D eigenvalue weighted by Gasteiger charge is 2.33. The second-order valence-corrected chi connectivity index (χ2v) is 6.17. The summed E-state index contributed by atoms with van der Waals surface area (Å²) in [6.07, 6.45) is -4.07. The second kappa shape index (κ2) is 7.09. The number of fused-ring (bicyclic) bond motifs is 1. The first-order valence-electron chi connectivity index (χ1n) is 8.49. The molecular weight excluding hydrogens is 365 g/mol. The molecule has 1 fully saturated rings. The van der Waals surface area contributed by atoms with E-state index in [4.69, 9.17) is 4.74 Å². The number of hydrogen-bond acceptors (Lipinski definition) is 4. The summed E-state index contributed by atoms with van der Waals surface area (Å²) in [5, 5.41) is 0. The lowest BCUT2D eigenvalue weighted by molar-refractivity contribution is -0.137.